The van der Waals surface area contributed by atoms with Crippen LogP contribution in [0.5, 0.6) is 0 Å². The molecule has 0 aliphatic heterocycles. The lowest BCUT2D eigenvalue weighted by molar-refractivity contribution is -0.384. The predicted octanol–water partition coefficient (Wildman–Crippen LogP) is 4.46. The highest BCUT2D eigenvalue weighted by molar-refractivity contribution is 5.88. The number of nitrogens with one attached hydrogen (secondary N) is 1. The second kappa shape index (κ2) is 7.48. The van der Waals surface area contributed by atoms with Crippen LogP contribution in [0.15, 0.2) is 63.8 Å². The first-order valence-electron chi connectivity index (χ1n) is 8.93. The molecule has 0 fully saturated rings. The molecule has 30 heavy (non-hydrogen) atoms. The van der Waals surface area contributed by atoms with Crippen molar-refractivity contribution < 1.29 is 9.34 Å². The van der Waals surface area contributed by atoms with Crippen LogP contribution >= 0.6 is 0 Å². The highest BCUT2D eigenvalue weighted by Crippen LogP contribution is 2.32. The molecule has 2 aromatic heterocycles. The molecule has 4 rings (SSSR count). The van der Waals surface area contributed by atoms with Gasteiger partial charge in [-0.2, -0.15) is 5.26 Å². The maximum Gasteiger partial charge on any atom is 0.280 e. The summed E-state index contributed by atoms with van der Waals surface area (Å²) in [6, 6.07) is 16.8. The number of nitro groups is 1. The number of para-hydroxylation sites is 1. The Bertz CT molecular complexity index is 1420. The van der Waals surface area contributed by atoms with Crippen LogP contribution in [0.4, 0.5) is 5.69 Å². The molecule has 0 amide bonds. The normalized spacial score (nSPS) is 11.4. The number of hydrogen-bond donors (Lipinski definition) is 1. The van der Waals surface area contributed by atoms with E-state index >= 15 is 0 Å². The van der Waals surface area contributed by atoms with Crippen LogP contribution in [0.3, 0.4) is 0 Å². The second-order valence-corrected chi connectivity index (χ2v) is 6.58. The van der Waals surface area contributed by atoms with Crippen LogP contribution in [0, 0.1) is 28.4 Å². The van der Waals surface area contributed by atoms with Crippen molar-refractivity contribution in [2.45, 2.75) is 6.92 Å². The van der Waals surface area contributed by atoms with Crippen LogP contribution in [-0.2, 0) is 0 Å². The summed E-state index contributed by atoms with van der Waals surface area (Å²) >= 11 is 0. The number of aromatic amines is 1. The molecule has 8 heteroatoms. The zero-order chi connectivity index (χ0) is 21.3. The summed E-state index contributed by atoms with van der Waals surface area (Å²) in [5.41, 5.74) is 1.23. The fourth-order valence-electron chi connectivity index (χ4n) is 3.09. The monoisotopic (exact) mass is 398 g/mol. The van der Waals surface area contributed by atoms with E-state index in [2.05, 4.69) is 9.97 Å². The molecule has 0 unspecified atom stereocenters. The number of furan rings is 1. The lowest BCUT2D eigenvalue weighted by atomic mass is 10.1. The second-order valence-electron chi connectivity index (χ2n) is 6.58. The lowest BCUT2D eigenvalue weighted by Gasteiger charge is -2.02. The van der Waals surface area contributed by atoms with Crippen molar-refractivity contribution in [3.63, 3.8) is 0 Å². The average molecular weight is 398 g/mol. The molecule has 1 N–H and O–H groups in total. The topological polar surface area (TPSA) is 126 Å². The van der Waals surface area contributed by atoms with Gasteiger partial charge in [0.05, 0.1) is 27.0 Å². The van der Waals surface area contributed by atoms with E-state index in [1.807, 2.05) is 6.07 Å². The van der Waals surface area contributed by atoms with Crippen molar-refractivity contribution in [1.29, 1.82) is 5.26 Å². The van der Waals surface area contributed by atoms with Gasteiger partial charge in [0.2, 0.25) is 0 Å². The minimum atomic E-state index is -0.467. The summed E-state index contributed by atoms with van der Waals surface area (Å²) < 4.78 is 5.72. The fourth-order valence-corrected chi connectivity index (χ4v) is 3.09. The van der Waals surface area contributed by atoms with Crippen molar-refractivity contribution in [2.24, 2.45) is 0 Å². The number of nitriles is 1. The van der Waals surface area contributed by atoms with Crippen LogP contribution in [-0.4, -0.2) is 14.9 Å². The van der Waals surface area contributed by atoms with E-state index in [9.17, 15) is 20.2 Å². The van der Waals surface area contributed by atoms with Crippen molar-refractivity contribution in [2.75, 3.05) is 0 Å². The minimum Gasteiger partial charge on any atom is -0.456 e. The highest BCUT2D eigenvalue weighted by Gasteiger charge is 2.18. The number of nitrogens with zero attached hydrogens (tertiary/aromatic N) is 3. The molecule has 0 aliphatic carbocycles. The Morgan fingerprint density at radius 1 is 1.23 bits per heavy atom. The number of allylic oxidation sites excluding steroid dienone is 1. The molecule has 8 nitrogen and oxygen atoms in total. The molecule has 146 valence electrons. The SMILES string of the molecule is Cc1ccc(-c2ccc(C=C(C#N)c3nc4ccccc4c(=O)[nH]3)o2)c([N+](=O)[O-])c1. The van der Waals surface area contributed by atoms with Gasteiger partial charge in [-0.05, 0) is 42.8 Å². The Morgan fingerprint density at radius 2 is 2.03 bits per heavy atom. The molecule has 0 bridgehead atoms. The number of nitro benzene ring substituents is 1. The summed E-state index contributed by atoms with van der Waals surface area (Å²) in [5, 5.41) is 21.4. The lowest BCUT2D eigenvalue weighted by Crippen LogP contribution is -2.11. The van der Waals surface area contributed by atoms with Crippen LogP contribution in [0.2, 0.25) is 0 Å². The Hall–Kier alpha value is -4.51. The van der Waals surface area contributed by atoms with E-state index in [1.165, 1.54) is 12.1 Å². The minimum absolute atomic E-state index is 0.0686. The number of H-pyrrole nitrogens is 1. The Labute approximate surface area is 169 Å². The Balaban J connectivity index is 1.76. The van der Waals surface area contributed by atoms with Crippen LogP contribution in [0.1, 0.15) is 17.1 Å². The zero-order valence-corrected chi connectivity index (χ0v) is 15.7. The van der Waals surface area contributed by atoms with Gasteiger partial charge < -0.3 is 9.40 Å². The third-order valence-electron chi connectivity index (χ3n) is 4.52. The number of aryl methyl sites for hydroxylation is 1. The van der Waals surface area contributed by atoms with Gasteiger partial charge in [0.25, 0.3) is 11.2 Å². The summed E-state index contributed by atoms with van der Waals surface area (Å²) in [5.74, 6) is 0.706. The first kappa shape index (κ1) is 18.8. The molecular weight excluding hydrogens is 384 g/mol. The van der Waals surface area contributed by atoms with Gasteiger partial charge in [-0.25, -0.2) is 4.98 Å². The molecule has 0 spiro atoms. The van der Waals surface area contributed by atoms with E-state index in [0.717, 1.165) is 5.56 Å². The number of rotatable bonds is 4. The number of hydrogen-bond acceptors (Lipinski definition) is 6. The first-order chi connectivity index (χ1) is 14.5. The summed E-state index contributed by atoms with van der Waals surface area (Å²) in [6.45, 7) is 1.77. The van der Waals surface area contributed by atoms with Crippen LogP contribution < -0.4 is 5.56 Å². The number of fused-ring (bicyclic) bond motifs is 1. The smallest absolute Gasteiger partial charge is 0.280 e. The van der Waals surface area contributed by atoms with Gasteiger partial charge in [0.15, 0.2) is 5.82 Å². The Kier molecular flexibility index (Phi) is 4.70. The van der Waals surface area contributed by atoms with Gasteiger partial charge in [-0.1, -0.05) is 18.2 Å². The van der Waals surface area contributed by atoms with E-state index in [0.29, 0.717) is 28.0 Å². The molecule has 2 aromatic carbocycles. The Morgan fingerprint density at radius 3 is 2.80 bits per heavy atom. The largest absolute Gasteiger partial charge is 0.456 e. The van der Waals surface area contributed by atoms with Crippen LogP contribution in [0.25, 0.3) is 33.9 Å². The molecule has 0 atom stereocenters. The third kappa shape index (κ3) is 3.47. The first-order valence-corrected chi connectivity index (χ1v) is 8.93. The molecule has 0 radical (unpaired) electrons. The fraction of sp³-hybridized carbons (Fsp3) is 0.0455. The summed E-state index contributed by atoms with van der Waals surface area (Å²) in [7, 11) is 0. The van der Waals surface area contributed by atoms with Gasteiger partial charge in [-0.3, -0.25) is 14.9 Å². The van der Waals surface area contributed by atoms with Crippen molar-refractivity contribution in [3.05, 3.63) is 92.2 Å². The molecule has 0 aliphatic rings. The maximum absolute atomic E-state index is 12.3. The van der Waals surface area contributed by atoms with Crippen molar-refractivity contribution in [1.82, 2.24) is 9.97 Å². The van der Waals surface area contributed by atoms with Gasteiger partial charge in [0.1, 0.15) is 17.6 Å². The van der Waals surface area contributed by atoms with Gasteiger partial charge >= 0.3 is 0 Å². The third-order valence-corrected chi connectivity index (χ3v) is 4.52. The standard InChI is InChI=1S/C22H14N4O4/c1-13-6-8-17(19(10-13)26(28)29)20-9-7-15(30-20)11-14(12-23)21-24-18-5-3-2-4-16(18)22(27)25-21/h2-11H,1H3,(H,24,25,27). The molecular formula is C22H14N4O4. The van der Waals surface area contributed by atoms with Gasteiger partial charge in [-0.15, -0.1) is 0 Å². The zero-order valence-electron chi connectivity index (χ0n) is 15.7. The maximum atomic E-state index is 12.3. The van der Waals surface area contributed by atoms with E-state index in [4.69, 9.17) is 4.42 Å². The van der Waals surface area contributed by atoms with Crippen molar-refractivity contribution >= 4 is 28.2 Å². The summed E-state index contributed by atoms with van der Waals surface area (Å²) in [4.78, 5) is 30.1. The number of benzene rings is 2. The molecule has 4 aromatic rings. The summed E-state index contributed by atoms with van der Waals surface area (Å²) in [6.07, 6.45) is 1.43. The van der Waals surface area contributed by atoms with Gasteiger partial charge in [0, 0.05) is 12.1 Å². The van der Waals surface area contributed by atoms with Crippen molar-refractivity contribution in [3.8, 4) is 17.4 Å². The van der Waals surface area contributed by atoms with E-state index < -0.39 is 4.92 Å². The molecule has 0 saturated heterocycles. The quantitative estimate of drug-likeness (QED) is 0.307. The molecule has 2 heterocycles. The number of aromatic nitrogens is 2. The van der Waals surface area contributed by atoms with E-state index in [-0.39, 0.29) is 22.6 Å². The molecule has 0 saturated carbocycles. The highest BCUT2D eigenvalue weighted by atomic mass is 16.6. The average Bonchev–Trinajstić information content (AvgIpc) is 3.20. The van der Waals surface area contributed by atoms with E-state index in [1.54, 1.807) is 55.5 Å². The predicted molar refractivity (Wildman–Crippen MR) is 111 cm³/mol.